The molecule has 0 aromatic heterocycles. The molecule has 0 amide bonds. The fourth-order valence-corrected chi connectivity index (χ4v) is 2.60. The molecule has 0 radical (unpaired) electrons. The molecule has 1 aliphatic heterocycles. The van der Waals surface area contributed by atoms with Crippen LogP contribution in [-0.4, -0.2) is 34.8 Å². The molecule has 19 heavy (non-hydrogen) atoms. The molecule has 0 spiro atoms. The Bertz CT molecular complexity index is 458. The van der Waals surface area contributed by atoms with Crippen molar-refractivity contribution >= 4 is 11.8 Å². The fourth-order valence-electron chi connectivity index (χ4n) is 2.60. The molecule has 0 aliphatic carbocycles. The number of aliphatic carboxylic acids is 1. The Morgan fingerprint density at radius 3 is 2.68 bits per heavy atom. The Labute approximate surface area is 113 Å². The van der Waals surface area contributed by atoms with Crippen molar-refractivity contribution in [2.45, 2.75) is 19.9 Å². The first-order valence-corrected chi connectivity index (χ1v) is 6.60. The van der Waals surface area contributed by atoms with E-state index in [0.717, 1.165) is 6.54 Å². The lowest BCUT2D eigenvalue weighted by Crippen LogP contribution is -2.30. The Morgan fingerprint density at radius 2 is 2.05 bits per heavy atom. The molecule has 4 nitrogen and oxygen atoms in total. The smallest absolute Gasteiger partial charge is 0.314 e. The van der Waals surface area contributed by atoms with Crippen LogP contribution in [0.4, 0.5) is 0 Å². The average molecular weight is 261 g/mol. The summed E-state index contributed by atoms with van der Waals surface area (Å²) in [5.74, 6) is -2.18. The normalized spacial score (nSPS) is 25.0. The number of ketones is 1. The van der Waals surface area contributed by atoms with Crippen LogP contribution in [0.25, 0.3) is 0 Å². The first-order valence-electron chi connectivity index (χ1n) is 6.60. The van der Waals surface area contributed by atoms with E-state index in [1.54, 1.807) is 0 Å². The number of carboxylic acids is 1. The van der Waals surface area contributed by atoms with Crippen molar-refractivity contribution in [3.63, 3.8) is 0 Å². The Kier molecular flexibility index (Phi) is 4.32. The van der Waals surface area contributed by atoms with Gasteiger partial charge in [-0.05, 0) is 18.5 Å². The summed E-state index contributed by atoms with van der Waals surface area (Å²) in [4.78, 5) is 25.2. The first-order chi connectivity index (χ1) is 9.08. The predicted octanol–water partition coefficient (Wildman–Crippen LogP) is 1.80. The van der Waals surface area contributed by atoms with E-state index in [1.165, 1.54) is 5.56 Å². The Hall–Kier alpha value is -1.68. The predicted molar refractivity (Wildman–Crippen MR) is 71.6 cm³/mol. The number of carbonyl (C=O) groups is 2. The zero-order chi connectivity index (χ0) is 13.8. The third-order valence-electron chi connectivity index (χ3n) is 3.64. The number of likely N-dealkylation sites (tertiary alicyclic amines) is 1. The minimum Gasteiger partial charge on any atom is -0.481 e. The van der Waals surface area contributed by atoms with Gasteiger partial charge in [0, 0.05) is 19.0 Å². The average Bonchev–Trinajstić information content (AvgIpc) is 2.51. The van der Waals surface area contributed by atoms with Gasteiger partial charge in [-0.25, -0.2) is 0 Å². The molecule has 1 aromatic carbocycles. The van der Waals surface area contributed by atoms with Gasteiger partial charge < -0.3 is 5.11 Å². The topological polar surface area (TPSA) is 57.6 Å². The quantitative estimate of drug-likeness (QED) is 0.843. The zero-order valence-electron chi connectivity index (χ0n) is 11.1. The van der Waals surface area contributed by atoms with E-state index in [2.05, 4.69) is 4.90 Å². The zero-order valence-corrected chi connectivity index (χ0v) is 11.1. The van der Waals surface area contributed by atoms with Crippen molar-refractivity contribution in [2.75, 3.05) is 13.1 Å². The SMILES string of the molecule is CC1CN(Cc2ccccc2)CCC(C(=O)O)C1=O. The van der Waals surface area contributed by atoms with Crippen LogP contribution in [-0.2, 0) is 16.1 Å². The highest BCUT2D eigenvalue weighted by molar-refractivity contribution is 5.99. The van der Waals surface area contributed by atoms with Crippen LogP contribution >= 0.6 is 0 Å². The van der Waals surface area contributed by atoms with Crippen molar-refractivity contribution < 1.29 is 14.7 Å². The van der Waals surface area contributed by atoms with Crippen LogP contribution in [0.15, 0.2) is 30.3 Å². The molecule has 1 saturated heterocycles. The minimum absolute atomic E-state index is 0.136. The van der Waals surface area contributed by atoms with E-state index in [0.29, 0.717) is 19.5 Å². The van der Waals surface area contributed by atoms with Crippen molar-refractivity contribution in [1.29, 1.82) is 0 Å². The molecule has 1 aliphatic rings. The number of nitrogens with zero attached hydrogens (tertiary/aromatic N) is 1. The summed E-state index contributed by atoms with van der Waals surface area (Å²) in [7, 11) is 0. The second-order valence-corrected chi connectivity index (χ2v) is 5.20. The lowest BCUT2D eigenvalue weighted by Gasteiger charge is -2.21. The first kappa shape index (κ1) is 13.7. The summed E-state index contributed by atoms with van der Waals surface area (Å²) in [6.07, 6.45) is 0.408. The molecule has 4 heteroatoms. The van der Waals surface area contributed by atoms with Gasteiger partial charge in [0.15, 0.2) is 5.78 Å². The van der Waals surface area contributed by atoms with Crippen LogP contribution in [0, 0.1) is 11.8 Å². The van der Waals surface area contributed by atoms with Crippen molar-refractivity contribution in [3.05, 3.63) is 35.9 Å². The van der Waals surface area contributed by atoms with Gasteiger partial charge in [-0.3, -0.25) is 14.5 Å². The number of hydrogen-bond donors (Lipinski definition) is 1. The van der Waals surface area contributed by atoms with Gasteiger partial charge in [-0.2, -0.15) is 0 Å². The van der Waals surface area contributed by atoms with E-state index in [-0.39, 0.29) is 11.7 Å². The summed E-state index contributed by atoms with van der Waals surface area (Å²) >= 11 is 0. The summed E-state index contributed by atoms with van der Waals surface area (Å²) in [6, 6.07) is 10.0. The third-order valence-corrected chi connectivity index (χ3v) is 3.64. The van der Waals surface area contributed by atoms with Crippen molar-refractivity contribution in [3.8, 4) is 0 Å². The summed E-state index contributed by atoms with van der Waals surface area (Å²) in [5, 5.41) is 9.09. The van der Waals surface area contributed by atoms with Crippen molar-refractivity contribution in [2.24, 2.45) is 11.8 Å². The molecule has 102 valence electrons. The molecule has 2 unspecified atom stereocenters. The fraction of sp³-hybridized carbons (Fsp3) is 0.467. The third kappa shape index (κ3) is 3.41. The number of benzene rings is 1. The number of Topliss-reactive ketones (excluding diaryl/α,β-unsaturated/α-hetero) is 1. The van der Waals surface area contributed by atoms with E-state index < -0.39 is 11.9 Å². The van der Waals surface area contributed by atoms with Gasteiger partial charge >= 0.3 is 5.97 Å². The highest BCUT2D eigenvalue weighted by Gasteiger charge is 2.34. The highest BCUT2D eigenvalue weighted by atomic mass is 16.4. The monoisotopic (exact) mass is 261 g/mol. The van der Waals surface area contributed by atoms with E-state index in [1.807, 2.05) is 37.3 Å². The van der Waals surface area contributed by atoms with Gasteiger partial charge in [0.2, 0.25) is 0 Å². The second kappa shape index (κ2) is 5.97. The lowest BCUT2D eigenvalue weighted by molar-refractivity contribution is -0.147. The van der Waals surface area contributed by atoms with Crippen LogP contribution in [0.5, 0.6) is 0 Å². The molecule has 1 N–H and O–H groups in total. The number of hydrogen-bond acceptors (Lipinski definition) is 3. The van der Waals surface area contributed by atoms with Gasteiger partial charge in [-0.1, -0.05) is 37.3 Å². The maximum absolute atomic E-state index is 12.0. The second-order valence-electron chi connectivity index (χ2n) is 5.20. The maximum Gasteiger partial charge on any atom is 0.314 e. The molecular weight excluding hydrogens is 242 g/mol. The summed E-state index contributed by atoms with van der Waals surface area (Å²) in [6.45, 7) is 3.88. The van der Waals surface area contributed by atoms with Crippen LogP contribution in [0.1, 0.15) is 18.9 Å². The minimum atomic E-state index is -0.988. The maximum atomic E-state index is 12.0. The van der Waals surface area contributed by atoms with E-state index in [4.69, 9.17) is 5.11 Å². The van der Waals surface area contributed by atoms with Gasteiger partial charge in [0.25, 0.3) is 0 Å². The Morgan fingerprint density at radius 1 is 1.37 bits per heavy atom. The number of rotatable bonds is 3. The highest BCUT2D eigenvalue weighted by Crippen LogP contribution is 2.20. The molecule has 1 heterocycles. The van der Waals surface area contributed by atoms with Gasteiger partial charge in [0.1, 0.15) is 5.92 Å². The van der Waals surface area contributed by atoms with Crippen LogP contribution in [0.3, 0.4) is 0 Å². The summed E-state index contributed by atoms with van der Waals surface area (Å²) in [5.41, 5.74) is 1.19. The van der Waals surface area contributed by atoms with Crippen LogP contribution < -0.4 is 0 Å². The largest absolute Gasteiger partial charge is 0.481 e. The van der Waals surface area contributed by atoms with Gasteiger partial charge in [-0.15, -0.1) is 0 Å². The molecule has 1 fully saturated rings. The molecule has 1 aromatic rings. The van der Waals surface area contributed by atoms with Crippen molar-refractivity contribution in [1.82, 2.24) is 4.90 Å². The molecule has 0 saturated carbocycles. The van der Waals surface area contributed by atoms with Crippen LogP contribution in [0.2, 0.25) is 0 Å². The standard InChI is InChI=1S/C15H19NO3/c1-11-9-16(10-12-5-3-2-4-6-12)8-7-13(14(11)17)15(18)19/h2-6,11,13H,7-10H2,1H3,(H,18,19). The number of carboxylic acid groups (broad SMARTS) is 1. The summed E-state index contributed by atoms with van der Waals surface area (Å²) < 4.78 is 0. The molecule has 2 atom stereocenters. The molecule has 0 bridgehead atoms. The Balaban J connectivity index is 2.05. The number of carbonyl (C=O) groups excluding carboxylic acids is 1. The van der Waals surface area contributed by atoms with E-state index >= 15 is 0 Å². The van der Waals surface area contributed by atoms with E-state index in [9.17, 15) is 9.59 Å². The molecular formula is C15H19NO3. The molecule has 2 rings (SSSR count). The lowest BCUT2D eigenvalue weighted by atomic mass is 9.93. The van der Waals surface area contributed by atoms with Gasteiger partial charge in [0.05, 0.1) is 0 Å².